The third-order valence-corrected chi connectivity index (χ3v) is 10.8. The van der Waals surface area contributed by atoms with E-state index >= 15 is 0 Å². The van der Waals surface area contributed by atoms with Crippen LogP contribution in [-0.4, -0.2) is 21.1 Å². The molecule has 0 saturated carbocycles. The smallest absolute Gasteiger partial charge is 0.164 e. The molecule has 0 saturated heterocycles. The topological polar surface area (TPSA) is 47.9 Å². The van der Waals surface area contributed by atoms with Crippen molar-refractivity contribution < 1.29 is 4.74 Å². The molecule has 3 aliphatic rings. The van der Waals surface area contributed by atoms with E-state index in [9.17, 15) is 0 Å². The summed E-state index contributed by atoms with van der Waals surface area (Å²) in [5.74, 6) is 2.81. The van der Waals surface area contributed by atoms with Crippen LogP contribution in [0.1, 0.15) is 11.5 Å². The molecular formula is C49H31N3O. The van der Waals surface area contributed by atoms with Gasteiger partial charge < -0.3 is 4.74 Å². The summed E-state index contributed by atoms with van der Waals surface area (Å²) in [7, 11) is 0. The molecule has 2 aliphatic carbocycles. The van der Waals surface area contributed by atoms with Crippen molar-refractivity contribution >= 4 is 10.8 Å². The molecule has 0 radical (unpaired) electrons. The van der Waals surface area contributed by atoms with Gasteiger partial charge in [0.25, 0.3) is 0 Å². The molecule has 0 N–H and O–H groups in total. The van der Waals surface area contributed by atoms with E-state index in [1.807, 2.05) is 18.2 Å². The normalized spacial score (nSPS) is 15.9. The molecule has 8 aromatic rings. The summed E-state index contributed by atoms with van der Waals surface area (Å²) in [5.41, 5.74) is 13.5. The van der Waals surface area contributed by atoms with Crippen molar-refractivity contribution in [3.05, 3.63) is 182 Å². The molecule has 2 unspecified atom stereocenters. The number of allylic oxidation sites excluding steroid dienone is 2. The van der Waals surface area contributed by atoms with Crippen molar-refractivity contribution in [1.82, 2.24) is 15.0 Å². The Morgan fingerprint density at radius 1 is 0.396 bits per heavy atom. The molecule has 4 nitrogen and oxygen atoms in total. The quantitative estimate of drug-likeness (QED) is 0.182. The van der Waals surface area contributed by atoms with Crippen LogP contribution in [0.15, 0.2) is 176 Å². The number of fused-ring (bicyclic) bond motifs is 6. The Hall–Kier alpha value is -6.91. The summed E-state index contributed by atoms with van der Waals surface area (Å²) in [6, 6.07) is 53.4. The van der Waals surface area contributed by atoms with E-state index in [1.54, 1.807) is 0 Å². The number of aromatic nitrogens is 3. The van der Waals surface area contributed by atoms with Gasteiger partial charge >= 0.3 is 0 Å². The highest BCUT2D eigenvalue weighted by Gasteiger charge is 2.36. The Morgan fingerprint density at radius 3 is 1.72 bits per heavy atom. The molecule has 2 heterocycles. The lowest BCUT2D eigenvalue weighted by molar-refractivity contribution is 0.269. The van der Waals surface area contributed by atoms with Gasteiger partial charge in [-0.25, -0.2) is 15.0 Å². The molecule has 1 aliphatic heterocycles. The summed E-state index contributed by atoms with van der Waals surface area (Å²) >= 11 is 0. The van der Waals surface area contributed by atoms with Gasteiger partial charge in [0, 0.05) is 28.2 Å². The van der Waals surface area contributed by atoms with Crippen LogP contribution in [0.25, 0.3) is 89.4 Å². The number of hydrogen-bond donors (Lipinski definition) is 0. The fourth-order valence-electron chi connectivity index (χ4n) is 8.46. The van der Waals surface area contributed by atoms with Gasteiger partial charge in [-0.05, 0) is 79.6 Å². The standard InChI is InChI=1S/C49H31N3O/c1-3-14-30(15-4-1)33-18-7-8-19-34(33)32-28-42(46-41-22-11-12-25-43(41)53-44(46)29-32)49-51-47(31-16-5-2-6-17-31)50-48(52-49)40-27-26-39-36-21-10-9-20-35(36)37-23-13-24-38(40)45(37)39/h1-29,41,43H. The summed E-state index contributed by atoms with van der Waals surface area (Å²) in [5, 5.41) is 2.37. The second kappa shape index (κ2) is 11.8. The van der Waals surface area contributed by atoms with Gasteiger partial charge in [0.1, 0.15) is 11.9 Å². The highest BCUT2D eigenvalue weighted by molar-refractivity contribution is 6.18. The molecule has 2 atom stereocenters. The molecule has 0 bridgehead atoms. The lowest BCUT2D eigenvalue weighted by Gasteiger charge is -2.17. The average Bonchev–Trinajstić information content (AvgIpc) is 3.78. The van der Waals surface area contributed by atoms with Crippen molar-refractivity contribution in [2.24, 2.45) is 0 Å². The third kappa shape index (κ3) is 4.73. The van der Waals surface area contributed by atoms with Crippen molar-refractivity contribution in [2.75, 3.05) is 0 Å². The highest BCUT2D eigenvalue weighted by atomic mass is 16.5. The number of benzene rings is 7. The van der Waals surface area contributed by atoms with Gasteiger partial charge in [0.15, 0.2) is 17.5 Å². The molecule has 0 spiro atoms. The number of rotatable bonds is 5. The first-order chi connectivity index (χ1) is 26.3. The van der Waals surface area contributed by atoms with Gasteiger partial charge in [-0.1, -0.05) is 152 Å². The van der Waals surface area contributed by atoms with E-state index in [1.165, 1.54) is 27.6 Å². The zero-order valence-corrected chi connectivity index (χ0v) is 28.6. The molecule has 7 aromatic carbocycles. The maximum absolute atomic E-state index is 6.72. The predicted molar refractivity (Wildman–Crippen MR) is 214 cm³/mol. The largest absolute Gasteiger partial charge is 0.485 e. The fraction of sp³-hybridized carbons (Fsp3) is 0.0408. The number of hydrogen-bond acceptors (Lipinski definition) is 4. The van der Waals surface area contributed by atoms with E-state index in [4.69, 9.17) is 19.7 Å². The van der Waals surface area contributed by atoms with Crippen molar-refractivity contribution in [1.29, 1.82) is 0 Å². The maximum atomic E-state index is 6.72. The maximum Gasteiger partial charge on any atom is 0.164 e. The minimum Gasteiger partial charge on any atom is -0.485 e. The Morgan fingerprint density at radius 2 is 0.962 bits per heavy atom. The van der Waals surface area contributed by atoms with E-state index < -0.39 is 0 Å². The number of nitrogens with zero attached hydrogens (tertiary/aromatic N) is 3. The average molecular weight is 678 g/mol. The van der Waals surface area contributed by atoms with Crippen molar-refractivity contribution in [3.63, 3.8) is 0 Å². The molecule has 53 heavy (non-hydrogen) atoms. The summed E-state index contributed by atoms with van der Waals surface area (Å²) in [4.78, 5) is 15.9. The monoisotopic (exact) mass is 677 g/mol. The van der Waals surface area contributed by atoms with E-state index in [-0.39, 0.29) is 12.0 Å². The molecule has 0 fully saturated rings. The molecule has 1 aromatic heterocycles. The van der Waals surface area contributed by atoms with Crippen LogP contribution in [0.2, 0.25) is 0 Å². The fourth-order valence-corrected chi connectivity index (χ4v) is 8.46. The van der Waals surface area contributed by atoms with E-state index in [2.05, 4.69) is 158 Å². The Bertz CT molecular complexity index is 2790. The molecule has 4 heteroatoms. The summed E-state index contributed by atoms with van der Waals surface area (Å²) in [6.45, 7) is 0. The van der Waals surface area contributed by atoms with Crippen LogP contribution in [0, 0.1) is 0 Å². The Labute approximate surface area is 307 Å². The van der Waals surface area contributed by atoms with Gasteiger partial charge in [-0.3, -0.25) is 0 Å². The second-order valence-corrected chi connectivity index (χ2v) is 13.8. The third-order valence-electron chi connectivity index (χ3n) is 10.8. The van der Waals surface area contributed by atoms with Crippen LogP contribution in [0.5, 0.6) is 5.75 Å². The number of ether oxygens (including phenoxy) is 1. The van der Waals surface area contributed by atoms with E-state index in [0.29, 0.717) is 17.5 Å². The van der Waals surface area contributed by atoms with Gasteiger partial charge in [-0.15, -0.1) is 0 Å². The van der Waals surface area contributed by atoms with Crippen LogP contribution in [-0.2, 0) is 0 Å². The molecule has 0 amide bonds. The lowest BCUT2D eigenvalue weighted by Crippen LogP contribution is -2.16. The summed E-state index contributed by atoms with van der Waals surface area (Å²) < 4.78 is 6.72. The van der Waals surface area contributed by atoms with Gasteiger partial charge in [0.05, 0.1) is 0 Å². The van der Waals surface area contributed by atoms with Crippen molar-refractivity contribution in [2.45, 2.75) is 12.0 Å². The summed E-state index contributed by atoms with van der Waals surface area (Å²) in [6.07, 6.45) is 8.47. The van der Waals surface area contributed by atoms with Gasteiger partial charge in [0.2, 0.25) is 0 Å². The lowest BCUT2D eigenvalue weighted by atomic mass is 9.86. The minimum atomic E-state index is -0.0959. The SMILES string of the molecule is C1=CC2Oc3cc(-c4ccccc4-c4ccccc4)cc(-c4nc(-c5ccccc5)nc(-c5ccc6c7c(cccc57)-c5ccccc5-6)n4)c3C2C=C1. The highest BCUT2D eigenvalue weighted by Crippen LogP contribution is 2.51. The Balaban J connectivity index is 1.17. The van der Waals surface area contributed by atoms with Crippen molar-refractivity contribution in [3.8, 4) is 84.4 Å². The van der Waals surface area contributed by atoms with Crippen LogP contribution >= 0.6 is 0 Å². The Kier molecular flexibility index (Phi) is 6.65. The van der Waals surface area contributed by atoms with Gasteiger partial charge in [-0.2, -0.15) is 0 Å². The van der Waals surface area contributed by atoms with E-state index in [0.717, 1.165) is 55.6 Å². The first-order valence-electron chi connectivity index (χ1n) is 18.1. The van der Waals surface area contributed by atoms with Crippen LogP contribution in [0.4, 0.5) is 0 Å². The molecular weight excluding hydrogens is 647 g/mol. The molecule has 248 valence electrons. The van der Waals surface area contributed by atoms with Crippen LogP contribution in [0.3, 0.4) is 0 Å². The first kappa shape index (κ1) is 29.8. The zero-order valence-electron chi connectivity index (χ0n) is 28.6. The second-order valence-electron chi connectivity index (χ2n) is 13.8. The minimum absolute atomic E-state index is 0.0408. The first-order valence-corrected chi connectivity index (χ1v) is 18.1. The zero-order chi connectivity index (χ0) is 34.9. The predicted octanol–water partition coefficient (Wildman–Crippen LogP) is 12.0. The molecule has 11 rings (SSSR count). The van der Waals surface area contributed by atoms with Crippen LogP contribution < -0.4 is 4.74 Å².